The molecule has 1 heterocycles. The van der Waals surface area contributed by atoms with Crippen LogP contribution in [-0.2, 0) is 4.79 Å². The van der Waals surface area contributed by atoms with E-state index in [2.05, 4.69) is 31.4 Å². The predicted octanol–water partition coefficient (Wildman–Crippen LogP) is 4.86. The number of amides is 1. The zero-order valence-corrected chi connectivity index (χ0v) is 16.7. The van der Waals surface area contributed by atoms with Crippen molar-refractivity contribution in [2.75, 3.05) is 11.1 Å². The molecule has 0 radical (unpaired) electrons. The number of thioether (sulfide) groups is 1. The number of benzene rings is 2. The van der Waals surface area contributed by atoms with Gasteiger partial charge in [-0.3, -0.25) is 9.36 Å². The van der Waals surface area contributed by atoms with E-state index in [1.807, 2.05) is 23.6 Å². The summed E-state index contributed by atoms with van der Waals surface area (Å²) in [5.41, 5.74) is 0.980. The average molecular weight is 456 g/mol. The number of hydrogen-bond acceptors (Lipinski definition) is 4. The Morgan fingerprint density at radius 1 is 1.27 bits per heavy atom. The molecule has 5 nitrogen and oxygen atoms in total. The second-order valence-corrected chi connectivity index (χ2v) is 7.60. The van der Waals surface area contributed by atoms with E-state index in [0.717, 1.165) is 5.69 Å². The number of carbonyl (C=O) groups excluding carboxylic acids is 1. The normalized spacial score (nSPS) is 10.8. The summed E-state index contributed by atoms with van der Waals surface area (Å²) in [5, 5.41) is 11.9. The van der Waals surface area contributed by atoms with Crippen LogP contribution in [0.25, 0.3) is 5.69 Å². The van der Waals surface area contributed by atoms with Crippen molar-refractivity contribution in [3.05, 3.63) is 63.6 Å². The average Bonchev–Trinajstić information content (AvgIpc) is 2.97. The molecule has 3 aromatic rings. The smallest absolute Gasteiger partial charge is 0.234 e. The highest BCUT2D eigenvalue weighted by Crippen LogP contribution is 2.24. The monoisotopic (exact) mass is 454 g/mol. The molecule has 0 aliphatic rings. The molecule has 3 rings (SSSR count). The van der Waals surface area contributed by atoms with Gasteiger partial charge in [0, 0.05) is 15.2 Å². The van der Waals surface area contributed by atoms with E-state index in [-0.39, 0.29) is 17.3 Å². The van der Waals surface area contributed by atoms with Gasteiger partial charge in [-0.1, -0.05) is 39.3 Å². The third-order valence-electron chi connectivity index (χ3n) is 3.42. The van der Waals surface area contributed by atoms with Crippen LogP contribution in [0.4, 0.5) is 10.1 Å². The lowest BCUT2D eigenvalue weighted by molar-refractivity contribution is -0.113. The molecule has 0 fully saturated rings. The van der Waals surface area contributed by atoms with E-state index in [9.17, 15) is 9.18 Å². The lowest BCUT2D eigenvalue weighted by atomic mass is 10.3. The van der Waals surface area contributed by atoms with Gasteiger partial charge in [-0.2, -0.15) is 0 Å². The van der Waals surface area contributed by atoms with E-state index in [1.54, 1.807) is 18.2 Å². The maximum atomic E-state index is 13.8. The van der Waals surface area contributed by atoms with Gasteiger partial charge in [0.05, 0.1) is 11.4 Å². The number of rotatable bonds is 5. The van der Waals surface area contributed by atoms with Crippen LogP contribution < -0.4 is 5.32 Å². The van der Waals surface area contributed by atoms with E-state index in [0.29, 0.717) is 20.5 Å². The summed E-state index contributed by atoms with van der Waals surface area (Å²) < 4.78 is 16.2. The molecule has 0 aliphatic carbocycles. The van der Waals surface area contributed by atoms with Crippen molar-refractivity contribution in [1.29, 1.82) is 0 Å². The molecule has 0 spiro atoms. The van der Waals surface area contributed by atoms with Crippen molar-refractivity contribution in [3.8, 4) is 5.69 Å². The van der Waals surface area contributed by atoms with E-state index in [4.69, 9.17) is 11.6 Å². The minimum Gasteiger partial charge on any atom is -0.323 e. The molecule has 0 unspecified atom stereocenters. The number of aryl methyl sites for hydroxylation is 1. The van der Waals surface area contributed by atoms with Crippen LogP contribution in [-0.4, -0.2) is 26.4 Å². The molecule has 0 saturated carbocycles. The third kappa shape index (κ3) is 4.44. The fourth-order valence-corrected chi connectivity index (χ4v) is 3.49. The number of aromatic nitrogens is 3. The first-order valence-corrected chi connectivity index (χ1v) is 9.65. The summed E-state index contributed by atoms with van der Waals surface area (Å²) in [4.78, 5) is 12.1. The molecule has 1 N–H and O–H groups in total. The first kappa shape index (κ1) is 18.9. The summed E-state index contributed by atoms with van der Waals surface area (Å²) in [7, 11) is 0. The van der Waals surface area contributed by atoms with Gasteiger partial charge in [-0.05, 0) is 49.4 Å². The highest BCUT2D eigenvalue weighted by Gasteiger charge is 2.14. The number of anilines is 1. The standard InChI is InChI=1S/C17H13BrClFN4OS/c1-10-22-23-17(24(10)13-5-3-12(19)4-6-13)26-9-16(25)21-15-7-2-11(18)8-14(15)20/h2-8H,9H2,1H3,(H,21,25). The number of nitrogens with one attached hydrogen (secondary N) is 1. The summed E-state index contributed by atoms with van der Waals surface area (Å²) in [5.74, 6) is -0.0760. The van der Waals surface area contributed by atoms with E-state index >= 15 is 0 Å². The Bertz CT molecular complexity index is 948. The second-order valence-electron chi connectivity index (χ2n) is 5.30. The van der Waals surface area contributed by atoms with Gasteiger partial charge in [-0.15, -0.1) is 10.2 Å². The molecular weight excluding hydrogens is 443 g/mol. The number of carbonyl (C=O) groups is 1. The van der Waals surface area contributed by atoms with Crippen molar-refractivity contribution < 1.29 is 9.18 Å². The molecule has 0 bridgehead atoms. The van der Waals surface area contributed by atoms with Crippen LogP contribution in [0.5, 0.6) is 0 Å². The van der Waals surface area contributed by atoms with Crippen LogP contribution in [0, 0.1) is 12.7 Å². The van der Waals surface area contributed by atoms with Crippen molar-refractivity contribution in [2.45, 2.75) is 12.1 Å². The third-order valence-corrected chi connectivity index (χ3v) is 5.09. The van der Waals surface area contributed by atoms with Gasteiger partial charge < -0.3 is 5.32 Å². The Hall–Kier alpha value is -1.90. The summed E-state index contributed by atoms with van der Waals surface area (Å²) >= 11 is 10.3. The lowest BCUT2D eigenvalue weighted by Crippen LogP contribution is -2.15. The van der Waals surface area contributed by atoms with Crippen LogP contribution in [0.2, 0.25) is 5.02 Å². The first-order chi connectivity index (χ1) is 12.4. The number of nitrogens with zero attached hydrogens (tertiary/aromatic N) is 3. The van der Waals surface area contributed by atoms with Crippen molar-refractivity contribution in [1.82, 2.24) is 14.8 Å². The molecule has 134 valence electrons. The summed E-state index contributed by atoms with van der Waals surface area (Å²) in [6.45, 7) is 1.82. The van der Waals surface area contributed by atoms with Gasteiger partial charge >= 0.3 is 0 Å². The minimum absolute atomic E-state index is 0.0707. The van der Waals surface area contributed by atoms with Gasteiger partial charge in [0.25, 0.3) is 0 Å². The lowest BCUT2D eigenvalue weighted by Gasteiger charge is -2.09. The summed E-state index contributed by atoms with van der Waals surface area (Å²) in [6, 6.07) is 11.7. The number of hydrogen-bond donors (Lipinski definition) is 1. The highest BCUT2D eigenvalue weighted by molar-refractivity contribution is 9.10. The second kappa shape index (κ2) is 8.20. The largest absolute Gasteiger partial charge is 0.323 e. The Labute approximate surface area is 167 Å². The van der Waals surface area contributed by atoms with Crippen molar-refractivity contribution in [2.24, 2.45) is 0 Å². The molecular formula is C17H13BrClFN4OS. The predicted molar refractivity (Wildman–Crippen MR) is 105 cm³/mol. The van der Waals surface area contributed by atoms with E-state index in [1.165, 1.54) is 23.9 Å². The number of halogens is 3. The zero-order chi connectivity index (χ0) is 18.7. The van der Waals surface area contributed by atoms with Gasteiger partial charge in [-0.25, -0.2) is 4.39 Å². The molecule has 1 amide bonds. The first-order valence-electron chi connectivity index (χ1n) is 7.49. The molecule has 0 saturated heterocycles. The molecule has 9 heteroatoms. The Balaban J connectivity index is 1.70. The molecule has 0 aliphatic heterocycles. The van der Waals surface area contributed by atoms with Crippen LogP contribution in [0.3, 0.4) is 0 Å². The topological polar surface area (TPSA) is 59.8 Å². The molecule has 1 aromatic heterocycles. The van der Waals surface area contributed by atoms with Gasteiger partial charge in [0.15, 0.2) is 5.16 Å². The van der Waals surface area contributed by atoms with Crippen LogP contribution in [0.15, 0.2) is 52.1 Å². The SMILES string of the molecule is Cc1nnc(SCC(=O)Nc2ccc(Br)cc2F)n1-c1ccc(Cl)cc1. The maximum absolute atomic E-state index is 13.8. The Morgan fingerprint density at radius 2 is 2.00 bits per heavy atom. The van der Waals surface area contributed by atoms with Crippen molar-refractivity contribution >= 4 is 50.9 Å². The summed E-state index contributed by atoms with van der Waals surface area (Å²) in [6.07, 6.45) is 0. The Morgan fingerprint density at radius 3 is 2.69 bits per heavy atom. The van der Waals surface area contributed by atoms with Gasteiger partial charge in [0.2, 0.25) is 5.91 Å². The highest BCUT2D eigenvalue weighted by atomic mass is 79.9. The zero-order valence-electron chi connectivity index (χ0n) is 13.5. The molecule has 2 aromatic carbocycles. The van der Waals surface area contributed by atoms with Gasteiger partial charge in [0.1, 0.15) is 11.6 Å². The van der Waals surface area contributed by atoms with Crippen LogP contribution >= 0.6 is 39.3 Å². The fourth-order valence-electron chi connectivity index (χ4n) is 2.23. The minimum atomic E-state index is -0.502. The molecule has 26 heavy (non-hydrogen) atoms. The maximum Gasteiger partial charge on any atom is 0.234 e. The Kier molecular flexibility index (Phi) is 5.95. The van der Waals surface area contributed by atoms with Crippen LogP contribution in [0.1, 0.15) is 5.82 Å². The fraction of sp³-hybridized carbons (Fsp3) is 0.118. The molecule has 0 atom stereocenters. The van der Waals surface area contributed by atoms with E-state index < -0.39 is 5.82 Å². The quantitative estimate of drug-likeness (QED) is 0.558. The van der Waals surface area contributed by atoms with Crippen molar-refractivity contribution in [3.63, 3.8) is 0 Å².